The second kappa shape index (κ2) is 8.10. The van der Waals surface area contributed by atoms with Crippen molar-refractivity contribution in [3.63, 3.8) is 0 Å². The van der Waals surface area contributed by atoms with Gasteiger partial charge in [0.05, 0.1) is 12.2 Å². The highest BCUT2D eigenvalue weighted by Crippen LogP contribution is 2.10. The first-order valence-electron chi connectivity index (χ1n) is 7.82. The van der Waals surface area contributed by atoms with Crippen molar-refractivity contribution in [3.8, 4) is 0 Å². The van der Waals surface area contributed by atoms with Crippen LogP contribution in [-0.4, -0.2) is 23.0 Å². The minimum absolute atomic E-state index is 0.0604. The number of aryl methyl sites for hydroxylation is 1. The molecular weight excluding hydrogens is 304 g/mol. The predicted octanol–water partition coefficient (Wildman–Crippen LogP) is 2.85. The summed E-state index contributed by atoms with van der Waals surface area (Å²) in [5.74, 6) is -0.184. The molecule has 1 heterocycles. The minimum Gasteiger partial charge on any atom is -0.346 e. The summed E-state index contributed by atoms with van der Waals surface area (Å²) in [6.07, 6.45) is 0. The number of carbonyl (C=O) groups excluding carboxylic acids is 2. The Morgan fingerprint density at radius 1 is 1.08 bits per heavy atom. The summed E-state index contributed by atoms with van der Waals surface area (Å²) in [7, 11) is 0. The molecule has 24 heavy (non-hydrogen) atoms. The molecule has 6 nitrogen and oxygen atoms in total. The molecule has 0 aliphatic carbocycles. The van der Waals surface area contributed by atoms with Crippen molar-refractivity contribution in [2.24, 2.45) is 0 Å². The maximum Gasteiger partial charge on any atom is 0.319 e. The van der Waals surface area contributed by atoms with Crippen LogP contribution in [0.4, 0.5) is 10.5 Å². The lowest BCUT2D eigenvalue weighted by Gasteiger charge is -2.10. The van der Waals surface area contributed by atoms with Crippen molar-refractivity contribution >= 4 is 17.6 Å². The normalized spacial score (nSPS) is 10.3. The van der Waals surface area contributed by atoms with Crippen LogP contribution in [0.1, 0.15) is 35.6 Å². The summed E-state index contributed by atoms with van der Waals surface area (Å²) in [4.78, 5) is 28.1. The van der Waals surface area contributed by atoms with Crippen molar-refractivity contribution in [2.45, 2.75) is 33.4 Å². The first-order chi connectivity index (χ1) is 11.4. The van der Waals surface area contributed by atoms with E-state index >= 15 is 0 Å². The van der Waals surface area contributed by atoms with Crippen molar-refractivity contribution in [1.82, 2.24) is 15.6 Å². The van der Waals surface area contributed by atoms with E-state index in [-0.39, 0.29) is 18.0 Å². The van der Waals surface area contributed by atoms with Crippen molar-refractivity contribution < 1.29 is 9.59 Å². The van der Waals surface area contributed by atoms with Crippen molar-refractivity contribution in [1.29, 1.82) is 0 Å². The summed E-state index contributed by atoms with van der Waals surface area (Å²) >= 11 is 0. The number of hydrogen-bond donors (Lipinski definition) is 3. The Morgan fingerprint density at radius 3 is 2.42 bits per heavy atom. The molecule has 0 fully saturated rings. The number of pyridine rings is 1. The quantitative estimate of drug-likeness (QED) is 0.790. The zero-order valence-electron chi connectivity index (χ0n) is 14.1. The van der Waals surface area contributed by atoms with E-state index in [0.717, 1.165) is 11.4 Å². The molecular formula is C18H22N4O2. The number of aromatic nitrogens is 1. The number of hydrogen-bond acceptors (Lipinski definition) is 3. The third kappa shape index (κ3) is 5.39. The fourth-order valence-corrected chi connectivity index (χ4v) is 2.11. The topological polar surface area (TPSA) is 83.1 Å². The van der Waals surface area contributed by atoms with Crippen LogP contribution in [0.25, 0.3) is 0 Å². The maximum atomic E-state index is 12.1. The van der Waals surface area contributed by atoms with E-state index in [0.29, 0.717) is 17.8 Å². The van der Waals surface area contributed by atoms with Gasteiger partial charge in [-0.1, -0.05) is 6.07 Å². The van der Waals surface area contributed by atoms with Crippen LogP contribution < -0.4 is 16.0 Å². The Kier molecular flexibility index (Phi) is 5.89. The average Bonchev–Trinajstić information content (AvgIpc) is 2.52. The van der Waals surface area contributed by atoms with Gasteiger partial charge in [-0.25, -0.2) is 4.79 Å². The van der Waals surface area contributed by atoms with Gasteiger partial charge in [-0.05, 0) is 57.2 Å². The van der Waals surface area contributed by atoms with Gasteiger partial charge in [0.15, 0.2) is 0 Å². The molecule has 0 unspecified atom stereocenters. The average molecular weight is 326 g/mol. The summed E-state index contributed by atoms with van der Waals surface area (Å²) in [5.41, 5.74) is 2.88. The predicted molar refractivity (Wildman–Crippen MR) is 93.9 cm³/mol. The third-order valence-corrected chi connectivity index (χ3v) is 3.20. The van der Waals surface area contributed by atoms with E-state index in [9.17, 15) is 9.59 Å². The van der Waals surface area contributed by atoms with E-state index in [2.05, 4.69) is 20.9 Å². The van der Waals surface area contributed by atoms with Gasteiger partial charge in [0.25, 0.3) is 5.91 Å². The highest BCUT2D eigenvalue weighted by atomic mass is 16.2. The zero-order valence-corrected chi connectivity index (χ0v) is 14.1. The van der Waals surface area contributed by atoms with Crippen LogP contribution >= 0.6 is 0 Å². The van der Waals surface area contributed by atoms with Gasteiger partial charge in [0.1, 0.15) is 0 Å². The number of rotatable bonds is 5. The van der Waals surface area contributed by atoms with Gasteiger partial charge >= 0.3 is 6.03 Å². The standard InChI is InChI=1S/C18H22N4O2/c1-12(2)20-18(24)22-15-9-7-14(8-10-15)17(23)19-11-16-6-4-5-13(3)21-16/h4-10,12H,11H2,1-3H3,(H,19,23)(H2,20,22,24). The molecule has 3 amide bonds. The SMILES string of the molecule is Cc1cccc(CNC(=O)c2ccc(NC(=O)NC(C)C)cc2)n1. The number of benzene rings is 1. The van der Waals surface area contributed by atoms with Gasteiger partial charge in [0, 0.05) is 23.0 Å². The van der Waals surface area contributed by atoms with Crippen LogP contribution in [0.5, 0.6) is 0 Å². The summed E-state index contributed by atoms with van der Waals surface area (Å²) in [6.45, 7) is 6.05. The number of urea groups is 1. The number of anilines is 1. The Labute approximate surface area is 141 Å². The van der Waals surface area contributed by atoms with Gasteiger partial charge in [-0.3, -0.25) is 9.78 Å². The third-order valence-electron chi connectivity index (χ3n) is 3.20. The summed E-state index contributed by atoms with van der Waals surface area (Å²) < 4.78 is 0. The highest BCUT2D eigenvalue weighted by molar-refractivity contribution is 5.95. The molecule has 2 rings (SSSR count). The number of nitrogens with zero attached hydrogens (tertiary/aromatic N) is 1. The summed E-state index contributed by atoms with van der Waals surface area (Å²) in [6, 6.07) is 12.2. The van der Waals surface area contributed by atoms with Gasteiger partial charge in [-0.2, -0.15) is 0 Å². The molecule has 126 valence electrons. The molecule has 0 saturated carbocycles. The molecule has 6 heteroatoms. The molecule has 1 aromatic heterocycles. The lowest BCUT2D eigenvalue weighted by molar-refractivity contribution is 0.0950. The molecule has 2 aromatic rings. The van der Waals surface area contributed by atoms with Crippen LogP contribution in [-0.2, 0) is 6.54 Å². The Hall–Kier alpha value is -2.89. The Morgan fingerprint density at radius 2 is 1.79 bits per heavy atom. The van der Waals surface area contributed by atoms with E-state index in [4.69, 9.17) is 0 Å². The smallest absolute Gasteiger partial charge is 0.319 e. The fourth-order valence-electron chi connectivity index (χ4n) is 2.11. The van der Waals surface area contributed by atoms with Crippen LogP contribution in [0.15, 0.2) is 42.5 Å². The van der Waals surface area contributed by atoms with Crippen LogP contribution in [0, 0.1) is 6.92 Å². The van der Waals surface area contributed by atoms with E-state index in [1.54, 1.807) is 24.3 Å². The summed E-state index contributed by atoms with van der Waals surface area (Å²) in [5, 5.41) is 8.27. The van der Waals surface area contributed by atoms with Gasteiger partial charge in [-0.15, -0.1) is 0 Å². The zero-order chi connectivity index (χ0) is 17.5. The van der Waals surface area contributed by atoms with Crippen molar-refractivity contribution in [3.05, 3.63) is 59.4 Å². The molecule has 0 atom stereocenters. The highest BCUT2D eigenvalue weighted by Gasteiger charge is 2.07. The lowest BCUT2D eigenvalue weighted by Crippen LogP contribution is -2.34. The van der Waals surface area contributed by atoms with Crippen LogP contribution in [0.2, 0.25) is 0 Å². The second-order valence-corrected chi connectivity index (χ2v) is 5.78. The Bertz CT molecular complexity index is 711. The molecule has 1 aromatic carbocycles. The first kappa shape index (κ1) is 17.5. The maximum absolute atomic E-state index is 12.1. The van der Waals surface area contributed by atoms with Gasteiger partial charge in [0.2, 0.25) is 0 Å². The molecule has 0 aliphatic heterocycles. The van der Waals surface area contributed by atoms with Crippen LogP contribution in [0.3, 0.4) is 0 Å². The Balaban J connectivity index is 1.90. The van der Waals surface area contributed by atoms with E-state index < -0.39 is 0 Å². The van der Waals surface area contributed by atoms with E-state index in [1.165, 1.54) is 0 Å². The molecule has 0 spiro atoms. The molecule has 3 N–H and O–H groups in total. The molecule has 0 bridgehead atoms. The molecule has 0 radical (unpaired) electrons. The number of amides is 3. The number of carbonyl (C=O) groups is 2. The lowest BCUT2D eigenvalue weighted by atomic mass is 10.2. The molecule has 0 saturated heterocycles. The second-order valence-electron chi connectivity index (χ2n) is 5.78. The van der Waals surface area contributed by atoms with Crippen molar-refractivity contribution in [2.75, 3.05) is 5.32 Å². The monoisotopic (exact) mass is 326 g/mol. The molecule has 0 aliphatic rings. The largest absolute Gasteiger partial charge is 0.346 e. The minimum atomic E-state index is -0.271. The van der Waals surface area contributed by atoms with E-state index in [1.807, 2.05) is 39.0 Å². The number of nitrogens with one attached hydrogen (secondary N) is 3. The van der Waals surface area contributed by atoms with Gasteiger partial charge < -0.3 is 16.0 Å². The first-order valence-corrected chi connectivity index (χ1v) is 7.82. The fraction of sp³-hybridized carbons (Fsp3) is 0.278.